The number of fused-ring (bicyclic) bond motifs is 1. The Labute approximate surface area is 256 Å². The third-order valence-corrected chi connectivity index (χ3v) is 7.74. The van der Waals surface area contributed by atoms with Gasteiger partial charge in [0.2, 0.25) is 5.91 Å². The first-order valence-corrected chi connectivity index (χ1v) is 14.2. The Morgan fingerprint density at radius 1 is 0.933 bits per heavy atom. The van der Waals surface area contributed by atoms with Gasteiger partial charge in [-0.15, -0.1) is 0 Å². The first-order chi connectivity index (χ1) is 21.2. The van der Waals surface area contributed by atoms with Gasteiger partial charge in [-0.05, 0) is 66.8 Å². The van der Waals surface area contributed by atoms with Gasteiger partial charge in [0.15, 0.2) is 0 Å². The van der Waals surface area contributed by atoms with Gasteiger partial charge < -0.3 is 19.5 Å². The largest absolute Gasteiger partial charge is 0.497 e. The summed E-state index contributed by atoms with van der Waals surface area (Å²) in [4.78, 5) is 27.4. The van der Waals surface area contributed by atoms with Gasteiger partial charge in [-0.1, -0.05) is 30.3 Å². The summed E-state index contributed by atoms with van der Waals surface area (Å²) in [6.07, 6.45) is -7.46. The standard InChI is InChI=1S/C33H33F6N3O3/c1-41-20-23(28-6-4-5-7-29(28)41)18-26(10-13-30(43)40-15-14-21-8-11-27(45-3)12-9-21)42(2)31(44)22-16-24(32(34,35)36)19-25(17-22)33(37,38)39/h4-9,11-12,16-17,19-20,26H,10,13-15,18H2,1-3H3,(H,40,43). The molecule has 1 aromatic heterocycles. The van der Waals surface area contributed by atoms with Crippen molar-refractivity contribution in [1.29, 1.82) is 0 Å². The number of halogens is 6. The number of hydrogen-bond acceptors (Lipinski definition) is 3. The number of aromatic nitrogens is 1. The van der Waals surface area contributed by atoms with Crippen LogP contribution in [-0.2, 0) is 37.0 Å². The number of para-hydroxylation sites is 1. The minimum absolute atomic E-state index is 0.0132. The van der Waals surface area contributed by atoms with Crippen LogP contribution >= 0.6 is 0 Å². The average Bonchev–Trinajstić information content (AvgIpc) is 3.32. The van der Waals surface area contributed by atoms with Crippen LogP contribution in [0.3, 0.4) is 0 Å². The van der Waals surface area contributed by atoms with Crippen molar-refractivity contribution < 1.29 is 40.7 Å². The molecular weight excluding hydrogens is 600 g/mol. The third kappa shape index (κ3) is 8.37. The first kappa shape index (κ1) is 33.4. The molecule has 0 aliphatic rings. The van der Waals surface area contributed by atoms with Crippen LogP contribution in [0.1, 0.15) is 45.5 Å². The Morgan fingerprint density at radius 2 is 1.56 bits per heavy atom. The number of benzene rings is 3. The van der Waals surface area contributed by atoms with Crippen molar-refractivity contribution in [2.24, 2.45) is 7.05 Å². The van der Waals surface area contributed by atoms with Gasteiger partial charge >= 0.3 is 12.4 Å². The maximum atomic E-state index is 13.5. The predicted molar refractivity (Wildman–Crippen MR) is 158 cm³/mol. The zero-order valence-electron chi connectivity index (χ0n) is 24.9. The van der Waals surface area contributed by atoms with E-state index in [1.807, 2.05) is 66.3 Å². The Balaban J connectivity index is 1.55. The molecule has 3 aromatic carbocycles. The number of carbonyl (C=O) groups is 2. The van der Waals surface area contributed by atoms with Crippen molar-refractivity contribution >= 4 is 22.7 Å². The van der Waals surface area contributed by atoms with Crippen molar-refractivity contribution in [1.82, 2.24) is 14.8 Å². The average molecular weight is 634 g/mol. The Hall–Kier alpha value is -4.48. The zero-order valence-corrected chi connectivity index (χ0v) is 24.9. The smallest absolute Gasteiger partial charge is 0.416 e. The highest BCUT2D eigenvalue weighted by Crippen LogP contribution is 2.37. The van der Waals surface area contributed by atoms with Gasteiger partial charge in [0.1, 0.15) is 5.75 Å². The fourth-order valence-electron chi connectivity index (χ4n) is 5.25. The van der Waals surface area contributed by atoms with Gasteiger partial charge in [-0.2, -0.15) is 26.3 Å². The Morgan fingerprint density at radius 3 is 2.16 bits per heavy atom. The Bertz CT molecular complexity index is 1610. The maximum absolute atomic E-state index is 13.5. The second kappa shape index (κ2) is 13.7. The molecule has 0 aliphatic carbocycles. The quantitative estimate of drug-likeness (QED) is 0.180. The molecule has 0 saturated heterocycles. The number of likely N-dealkylation sites (N-methyl/N-ethyl adjacent to an activating group) is 1. The number of carbonyl (C=O) groups excluding carboxylic acids is 2. The molecule has 1 heterocycles. The van der Waals surface area contributed by atoms with Gasteiger partial charge in [-0.25, -0.2) is 0 Å². The second-order valence-corrected chi connectivity index (χ2v) is 10.8. The monoisotopic (exact) mass is 633 g/mol. The molecule has 4 rings (SSSR count). The van der Waals surface area contributed by atoms with Crippen LogP contribution in [0.4, 0.5) is 26.3 Å². The molecule has 0 saturated carbocycles. The van der Waals surface area contributed by atoms with Gasteiger partial charge in [-0.3, -0.25) is 9.59 Å². The number of alkyl halides is 6. The fraction of sp³-hybridized carbons (Fsp3) is 0.333. The maximum Gasteiger partial charge on any atom is 0.416 e. The fourth-order valence-corrected chi connectivity index (χ4v) is 5.25. The zero-order chi connectivity index (χ0) is 32.9. The second-order valence-electron chi connectivity index (χ2n) is 10.8. The van der Waals surface area contributed by atoms with Gasteiger partial charge in [0.05, 0.1) is 18.2 Å². The van der Waals surface area contributed by atoms with E-state index < -0.39 is 41.0 Å². The number of methoxy groups -OCH3 is 1. The van der Waals surface area contributed by atoms with Crippen LogP contribution in [0, 0.1) is 0 Å². The number of rotatable bonds is 11. The molecule has 1 atom stereocenters. The van der Waals surface area contributed by atoms with Crippen molar-refractivity contribution in [3.8, 4) is 5.75 Å². The molecule has 12 heteroatoms. The molecule has 0 bridgehead atoms. The minimum atomic E-state index is -5.10. The summed E-state index contributed by atoms with van der Waals surface area (Å²) in [7, 11) is 4.73. The van der Waals surface area contributed by atoms with Crippen LogP contribution in [0.25, 0.3) is 10.9 Å². The lowest BCUT2D eigenvalue weighted by Gasteiger charge is -2.29. The normalized spacial score (nSPS) is 12.6. The predicted octanol–water partition coefficient (Wildman–Crippen LogP) is 7.05. The lowest BCUT2D eigenvalue weighted by Crippen LogP contribution is -2.40. The molecule has 240 valence electrons. The number of nitrogens with zero attached hydrogens (tertiary/aromatic N) is 2. The molecule has 0 fully saturated rings. The molecule has 0 spiro atoms. The summed E-state index contributed by atoms with van der Waals surface area (Å²) < 4.78 is 88.1. The van der Waals surface area contributed by atoms with E-state index in [-0.39, 0.29) is 31.2 Å². The van der Waals surface area contributed by atoms with Crippen LogP contribution in [0.5, 0.6) is 5.75 Å². The molecule has 4 aromatic rings. The SMILES string of the molecule is COc1ccc(CCNC(=O)CCC(Cc2cn(C)c3ccccc23)N(C)C(=O)c2cc(C(F)(F)F)cc(C(F)(F)F)c2)cc1. The summed E-state index contributed by atoms with van der Waals surface area (Å²) in [5.74, 6) is -0.610. The summed E-state index contributed by atoms with van der Waals surface area (Å²) in [5.41, 5.74) is -1.19. The Kier molecular flexibility index (Phi) is 10.1. The van der Waals surface area contributed by atoms with Crippen LogP contribution < -0.4 is 10.1 Å². The topological polar surface area (TPSA) is 63.6 Å². The molecular formula is C33H33F6N3O3. The van der Waals surface area contributed by atoms with E-state index in [2.05, 4.69) is 5.32 Å². The van der Waals surface area contributed by atoms with E-state index in [1.165, 1.54) is 7.05 Å². The molecule has 1 unspecified atom stereocenters. The van der Waals surface area contributed by atoms with E-state index in [9.17, 15) is 35.9 Å². The highest BCUT2D eigenvalue weighted by molar-refractivity contribution is 5.95. The van der Waals surface area contributed by atoms with E-state index in [4.69, 9.17) is 4.74 Å². The van der Waals surface area contributed by atoms with Gasteiger partial charge in [0, 0.05) is 55.8 Å². The van der Waals surface area contributed by atoms with E-state index in [1.54, 1.807) is 7.11 Å². The molecule has 45 heavy (non-hydrogen) atoms. The van der Waals surface area contributed by atoms with Crippen molar-refractivity contribution in [2.75, 3.05) is 20.7 Å². The van der Waals surface area contributed by atoms with Crippen molar-refractivity contribution in [3.05, 3.63) is 101 Å². The summed E-state index contributed by atoms with van der Waals surface area (Å²) in [6.45, 7) is 0.346. The number of aryl methyl sites for hydroxylation is 1. The highest BCUT2D eigenvalue weighted by Gasteiger charge is 2.38. The molecule has 1 N–H and O–H groups in total. The highest BCUT2D eigenvalue weighted by atomic mass is 19.4. The van der Waals surface area contributed by atoms with Crippen LogP contribution in [0.15, 0.2) is 72.9 Å². The number of amides is 2. The number of nitrogens with one attached hydrogen (secondary N) is 1. The van der Waals surface area contributed by atoms with Crippen molar-refractivity contribution in [2.45, 2.75) is 44.1 Å². The molecule has 2 amide bonds. The summed E-state index contributed by atoms with van der Waals surface area (Å²) >= 11 is 0. The summed E-state index contributed by atoms with van der Waals surface area (Å²) in [6, 6.07) is 15.0. The number of ether oxygens (including phenoxy) is 1. The van der Waals surface area contributed by atoms with Crippen molar-refractivity contribution in [3.63, 3.8) is 0 Å². The minimum Gasteiger partial charge on any atom is -0.497 e. The third-order valence-electron chi connectivity index (χ3n) is 7.74. The molecule has 0 aliphatic heterocycles. The molecule has 0 radical (unpaired) electrons. The molecule has 6 nitrogen and oxygen atoms in total. The van der Waals surface area contributed by atoms with Crippen LogP contribution in [0.2, 0.25) is 0 Å². The lowest BCUT2D eigenvalue weighted by atomic mass is 9.98. The van der Waals surface area contributed by atoms with E-state index >= 15 is 0 Å². The van der Waals surface area contributed by atoms with Crippen LogP contribution in [-0.4, -0.2) is 48.0 Å². The van der Waals surface area contributed by atoms with E-state index in [0.717, 1.165) is 26.9 Å². The first-order valence-electron chi connectivity index (χ1n) is 14.2. The summed E-state index contributed by atoms with van der Waals surface area (Å²) in [5, 5.41) is 3.72. The van der Waals surface area contributed by atoms with Gasteiger partial charge in [0.25, 0.3) is 5.91 Å². The number of hydrogen-bond donors (Lipinski definition) is 1. The van der Waals surface area contributed by atoms with E-state index in [0.29, 0.717) is 30.8 Å². The lowest BCUT2D eigenvalue weighted by molar-refractivity contribution is -0.143.